The van der Waals surface area contributed by atoms with Crippen LogP contribution < -0.4 is 0 Å². The zero-order chi connectivity index (χ0) is 5.86. The number of rotatable bonds is 2. The summed E-state index contributed by atoms with van der Waals surface area (Å²) >= 11 is 3.36. The van der Waals surface area contributed by atoms with Gasteiger partial charge < -0.3 is 0 Å². The summed E-state index contributed by atoms with van der Waals surface area (Å²) < 4.78 is 0. The fourth-order valence-electron chi connectivity index (χ4n) is 0.512. The van der Waals surface area contributed by atoms with E-state index in [0.29, 0.717) is 4.83 Å². The molecule has 0 saturated carbocycles. The van der Waals surface area contributed by atoms with Gasteiger partial charge >= 0.3 is 0 Å². The van der Waals surface area contributed by atoms with Gasteiger partial charge in [-0.25, -0.2) is 0 Å². The maximum atomic E-state index is 3.80. The minimum Gasteiger partial charge on any atom is -0.0891 e. The SMILES string of the molecule is [CH2]C(Br)CC(C)C. The molecule has 0 aliphatic rings. The van der Waals surface area contributed by atoms with Gasteiger partial charge in [-0.1, -0.05) is 29.8 Å². The van der Waals surface area contributed by atoms with Crippen molar-refractivity contribution in [2.24, 2.45) is 5.92 Å². The van der Waals surface area contributed by atoms with Crippen LogP contribution in [0.4, 0.5) is 0 Å². The summed E-state index contributed by atoms with van der Waals surface area (Å²) in [6, 6.07) is 0. The fraction of sp³-hybridized carbons (Fsp3) is 0.833. The van der Waals surface area contributed by atoms with E-state index in [2.05, 4.69) is 36.7 Å². The monoisotopic (exact) mass is 163 g/mol. The smallest absolute Gasteiger partial charge is 0.0148 e. The maximum absolute atomic E-state index is 3.80. The Balaban J connectivity index is 2.95. The number of alkyl halides is 1. The molecule has 1 radical (unpaired) electrons. The third-order valence-corrected chi connectivity index (χ3v) is 1.10. The summed E-state index contributed by atoms with van der Waals surface area (Å²) in [6.07, 6.45) is 1.17. The van der Waals surface area contributed by atoms with E-state index in [1.807, 2.05) is 0 Å². The van der Waals surface area contributed by atoms with Crippen molar-refractivity contribution in [3.05, 3.63) is 6.92 Å². The summed E-state index contributed by atoms with van der Waals surface area (Å²) in [5.74, 6) is 0.766. The molecular weight excluding hydrogens is 152 g/mol. The first-order valence-corrected chi connectivity index (χ1v) is 3.51. The highest BCUT2D eigenvalue weighted by Gasteiger charge is 1.97. The number of hydrogen-bond acceptors (Lipinski definition) is 0. The molecule has 0 nitrogen and oxygen atoms in total. The second-order valence-corrected chi connectivity index (χ2v) is 3.52. The van der Waals surface area contributed by atoms with Gasteiger partial charge in [0.2, 0.25) is 0 Å². The molecule has 0 spiro atoms. The van der Waals surface area contributed by atoms with Crippen LogP contribution in [0.2, 0.25) is 0 Å². The molecule has 1 heteroatoms. The third-order valence-electron chi connectivity index (χ3n) is 0.727. The molecular formula is C6H12Br. The first kappa shape index (κ1) is 7.48. The molecule has 0 aliphatic carbocycles. The molecule has 0 aromatic heterocycles. The minimum absolute atomic E-state index is 0.438. The van der Waals surface area contributed by atoms with Crippen LogP contribution in [0.25, 0.3) is 0 Å². The average molecular weight is 164 g/mol. The lowest BCUT2D eigenvalue weighted by Gasteiger charge is -2.03. The summed E-state index contributed by atoms with van der Waals surface area (Å²) in [5.41, 5.74) is 0. The van der Waals surface area contributed by atoms with Crippen molar-refractivity contribution < 1.29 is 0 Å². The summed E-state index contributed by atoms with van der Waals surface area (Å²) in [6.45, 7) is 8.18. The van der Waals surface area contributed by atoms with Gasteiger partial charge in [0.1, 0.15) is 0 Å². The zero-order valence-corrected chi connectivity index (χ0v) is 6.53. The van der Waals surface area contributed by atoms with Crippen LogP contribution in [-0.2, 0) is 0 Å². The van der Waals surface area contributed by atoms with Crippen LogP contribution in [0, 0.1) is 12.8 Å². The van der Waals surface area contributed by atoms with E-state index in [9.17, 15) is 0 Å². The van der Waals surface area contributed by atoms with Gasteiger partial charge in [-0.15, -0.1) is 0 Å². The highest BCUT2D eigenvalue weighted by atomic mass is 79.9. The molecule has 0 bridgehead atoms. The molecule has 0 aromatic rings. The van der Waals surface area contributed by atoms with Gasteiger partial charge in [-0.3, -0.25) is 0 Å². The lowest BCUT2D eigenvalue weighted by molar-refractivity contribution is 0.604. The van der Waals surface area contributed by atoms with Crippen molar-refractivity contribution in [2.45, 2.75) is 25.1 Å². The van der Waals surface area contributed by atoms with Crippen molar-refractivity contribution in [2.75, 3.05) is 0 Å². The Morgan fingerprint density at radius 1 is 1.57 bits per heavy atom. The normalized spacial score (nSPS) is 15.0. The van der Waals surface area contributed by atoms with Crippen LogP contribution in [0.3, 0.4) is 0 Å². The predicted octanol–water partition coefficient (Wildman–Crippen LogP) is 2.63. The Kier molecular flexibility index (Phi) is 3.72. The largest absolute Gasteiger partial charge is 0.0891 e. The summed E-state index contributed by atoms with van der Waals surface area (Å²) in [7, 11) is 0. The molecule has 0 aromatic carbocycles. The minimum atomic E-state index is 0.438. The molecule has 0 rings (SSSR count). The van der Waals surface area contributed by atoms with E-state index in [1.165, 1.54) is 6.42 Å². The van der Waals surface area contributed by atoms with E-state index >= 15 is 0 Å². The van der Waals surface area contributed by atoms with Crippen molar-refractivity contribution in [1.29, 1.82) is 0 Å². The van der Waals surface area contributed by atoms with E-state index in [-0.39, 0.29) is 0 Å². The quantitative estimate of drug-likeness (QED) is 0.550. The van der Waals surface area contributed by atoms with Crippen LogP contribution in [-0.4, -0.2) is 4.83 Å². The van der Waals surface area contributed by atoms with Gasteiger partial charge in [-0.05, 0) is 19.3 Å². The van der Waals surface area contributed by atoms with Crippen molar-refractivity contribution in [3.63, 3.8) is 0 Å². The molecule has 0 saturated heterocycles. The molecule has 43 valence electrons. The third kappa shape index (κ3) is 6.48. The van der Waals surface area contributed by atoms with Crippen molar-refractivity contribution in [3.8, 4) is 0 Å². The highest BCUT2D eigenvalue weighted by Crippen LogP contribution is 2.09. The van der Waals surface area contributed by atoms with Crippen LogP contribution in [0.15, 0.2) is 0 Å². The maximum Gasteiger partial charge on any atom is 0.0148 e. The fourth-order valence-corrected chi connectivity index (χ4v) is 1.26. The highest BCUT2D eigenvalue weighted by molar-refractivity contribution is 9.09. The Hall–Kier alpha value is 0.480. The molecule has 0 fully saturated rings. The molecule has 0 N–H and O–H groups in total. The second-order valence-electron chi connectivity index (χ2n) is 2.23. The topological polar surface area (TPSA) is 0 Å². The predicted molar refractivity (Wildman–Crippen MR) is 37.5 cm³/mol. The van der Waals surface area contributed by atoms with E-state index in [4.69, 9.17) is 0 Å². The standard InChI is InChI=1S/C6H12Br/c1-5(2)4-6(3)7/h5-6H,3-4H2,1-2H3. The Bertz CT molecular complexity index is 33.4. The Morgan fingerprint density at radius 3 is 2.00 bits per heavy atom. The molecule has 0 aliphatic heterocycles. The van der Waals surface area contributed by atoms with Crippen LogP contribution >= 0.6 is 15.9 Å². The molecule has 1 atom stereocenters. The van der Waals surface area contributed by atoms with Crippen molar-refractivity contribution >= 4 is 15.9 Å². The van der Waals surface area contributed by atoms with Gasteiger partial charge in [0.05, 0.1) is 0 Å². The van der Waals surface area contributed by atoms with Gasteiger partial charge in [-0.2, -0.15) is 0 Å². The Labute approximate surface area is 54.4 Å². The molecule has 1 unspecified atom stereocenters. The first-order chi connectivity index (χ1) is 3.13. The lowest BCUT2D eigenvalue weighted by Crippen LogP contribution is -1.96. The molecule has 0 amide bonds. The number of hydrogen-bond donors (Lipinski definition) is 0. The van der Waals surface area contributed by atoms with Gasteiger partial charge in [0.15, 0.2) is 0 Å². The van der Waals surface area contributed by atoms with E-state index < -0.39 is 0 Å². The zero-order valence-electron chi connectivity index (χ0n) is 4.95. The first-order valence-electron chi connectivity index (χ1n) is 2.60. The van der Waals surface area contributed by atoms with Crippen LogP contribution in [0.5, 0.6) is 0 Å². The van der Waals surface area contributed by atoms with Crippen molar-refractivity contribution in [1.82, 2.24) is 0 Å². The lowest BCUT2D eigenvalue weighted by atomic mass is 10.1. The van der Waals surface area contributed by atoms with E-state index in [0.717, 1.165) is 5.92 Å². The van der Waals surface area contributed by atoms with Crippen LogP contribution in [0.1, 0.15) is 20.3 Å². The average Bonchev–Trinajstić information content (AvgIpc) is 1.27. The molecule has 0 heterocycles. The molecule has 7 heavy (non-hydrogen) atoms. The van der Waals surface area contributed by atoms with Gasteiger partial charge in [0, 0.05) is 4.83 Å². The summed E-state index contributed by atoms with van der Waals surface area (Å²) in [5, 5.41) is 0. The summed E-state index contributed by atoms with van der Waals surface area (Å²) in [4.78, 5) is 0.438. The van der Waals surface area contributed by atoms with E-state index in [1.54, 1.807) is 0 Å². The second kappa shape index (κ2) is 3.48. The number of halogens is 1. The Morgan fingerprint density at radius 2 is 2.00 bits per heavy atom. The van der Waals surface area contributed by atoms with Gasteiger partial charge in [0.25, 0.3) is 0 Å².